The third-order valence-corrected chi connectivity index (χ3v) is 5.22. The van der Waals surface area contributed by atoms with Crippen molar-refractivity contribution in [3.63, 3.8) is 0 Å². The van der Waals surface area contributed by atoms with Crippen LogP contribution in [-0.2, 0) is 6.42 Å². The van der Waals surface area contributed by atoms with Crippen LogP contribution in [0, 0.1) is 13.8 Å². The maximum absolute atomic E-state index is 12.6. The molecule has 1 aromatic heterocycles. The number of hydrogen-bond acceptors (Lipinski definition) is 2. The van der Waals surface area contributed by atoms with Gasteiger partial charge in [-0.3, -0.25) is 4.79 Å². The highest BCUT2D eigenvalue weighted by molar-refractivity contribution is 7.24. The van der Waals surface area contributed by atoms with Crippen LogP contribution < -0.4 is 5.43 Å². The summed E-state index contributed by atoms with van der Waals surface area (Å²) in [5, 5.41) is 1.72. The van der Waals surface area contributed by atoms with Crippen LogP contribution >= 0.6 is 11.3 Å². The van der Waals surface area contributed by atoms with Crippen LogP contribution in [0.1, 0.15) is 23.6 Å². The molecule has 3 rings (SSSR count). The molecule has 0 amide bonds. The third-order valence-electron chi connectivity index (χ3n) is 3.92. The summed E-state index contributed by atoms with van der Waals surface area (Å²) in [4.78, 5) is 12.6. The van der Waals surface area contributed by atoms with Gasteiger partial charge in [-0.15, -0.1) is 11.3 Å². The van der Waals surface area contributed by atoms with Gasteiger partial charge in [0.2, 0.25) is 0 Å². The standard InChI is InChI=1S/C17H16OS/c1-4-12-9-14-16(18)13-7-5-6-8-15(13)19-17(14)11(3)10(12)2/h5-9H,4H2,1-3H3. The minimum absolute atomic E-state index is 0.169. The Morgan fingerprint density at radius 3 is 2.53 bits per heavy atom. The van der Waals surface area contributed by atoms with Gasteiger partial charge in [0.25, 0.3) is 0 Å². The minimum atomic E-state index is 0.169. The van der Waals surface area contributed by atoms with Crippen LogP contribution in [0.25, 0.3) is 20.2 Å². The van der Waals surface area contributed by atoms with Crippen molar-refractivity contribution in [3.8, 4) is 0 Å². The Hall–Kier alpha value is -1.67. The topological polar surface area (TPSA) is 17.1 Å². The molecule has 0 radical (unpaired) electrons. The van der Waals surface area contributed by atoms with Crippen molar-refractivity contribution >= 4 is 31.5 Å². The second kappa shape index (κ2) is 4.46. The molecule has 2 heteroatoms. The van der Waals surface area contributed by atoms with Crippen LogP contribution in [0.2, 0.25) is 0 Å². The van der Waals surface area contributed by atoms with Crippen LogP contribution in [-0.4, -0.2) is 0 Å². The van der Waals surface area contributed by atoms with E-state index in [1.807, 2.05) is 24.3 Å². The van der Waals surface area contributed by atoms with Gasteiger partial charge in [-0.2, -0.15) is 0 Å². The Balaban J connectivity index is 2.59. The van der Waals surface area contributed by atoms with Crippen LogP contribution in [0.4, 0.5) is 0 Å². The average molecular weight is 268 g/mol. The monoisotopic (exact) mass is 268 g/mol. The van der Waals surface area contributed by atoms with Gasteiger partial charge in [0.05, 0.1) is 0 Å². The zero-order valence-electron chi connectivity index (χ0n) is 11.4. The first-order chi connectivity index (χ1) is 9.13. The largest absolute Gasteiger partial charge is 0.289 e. The summed E-state index contributed by atoms with van der Waals surface area (Å²) in [5.74, 6) is 0. The van der Waals surface area contributed by atoms with E-state index in [1.54, 1.807) is 11.3 Å². The molecule has 3 aromatic rings. The molecule has 0 N–H and O–H groups in total. The molecular weight excluding hydrogens is 252 g/mol. The third kappa shape index (κ3) is 1.79. The molecular formula is C17H16OS. The van der Waals surface area contributed by atoms with E-state index in [0.717, 1.165) is 26.6 Å². The van der Waals surface area contributed by atoms with E-state index < -0.39 is 0 Å². The Morgan fingerprint density at radius 2 is 1.79 bits per heavy atom. The summed E-state index contributed by atoms with van der Waals surface area (Å²) in [6.45, 7) is 6.42. The lowest BCUT2D eigenvalue weighted by atomic mass is 9.98. The molecule has 96 valence electrons. The zero-order valence-corrected chi connectivity index (χ0v) is 12.2. The molecule has 1 nitrogen and oxygen atoms in total. The SMILES string of the molecule is CCc1cc2c(=O)c3ccccc3sc2c(C)c1C. The lowest BCUT2D eigenvalue weighted by Gasteiger charge is -2.11. The van der Waals surface area contributed by atoms with Gasteiger partial charge in [-0.25, -0.2) is 0 Å². The van der Waals surface area contributed by atoms with E-state index in [-0.39, 0.29) is 5.43 Å². The second-order valence-corrected chi connectivity index (χ2v) is 6.00. The molecule has 2 aromatic carbocycles. The van der Waals surface area contributed by atoms with Crippen LogP contribution in [0.3, 0.4) is 0 Å². The van der Waals surface area contributed by atoms with Crippen molar-refractivity contribution in [3.05, 3.63) is 57.2 Å². The Morgan fingerprint density at radius 1 is 1.05 bits per heavy atom. The van der Waals surface area contributed by atoms with Crippen molar-refractivity contribution in [2.24, 2.45) is 0 Å². The quantitative estimate of drug-likeness (QED) is 0.590. The number of benzene rings is 2. The summed E-state index contributed by atoms with van der Waals surface area (Å²) >= 11 is 1.73. The molecule has 0 fully saturated rings. The number of hydrogen-bond donors (Lipinski definition) is 0. The molecule has 0 aliphatic heterocycles. The van der Waals surface area contributed by atoms with Gasteiger partial charge in [0.15, 0.2) is 5.43 Å². The molecule has 1 heterocycles. The summed E-state index contributed by atoms with van der Waals surface area (Å²) in [7, 11) is 0. The fourth-order valence-electron chi connectivity index (χ4n) is 2.63. The van der Waals surface area contributed by atoms with E-state index in [1.165, 1.54) is 16.7 Å². The van der Waals surface area contributed by atoms with Crippen molar-refractivity contribution in [2.45, 2.75) is 27.2 Å². The molecule has 0 atom stereocenters. The van der Waals surface area contributed by atoms with Crippen molar-refractivity contribution in [1.29, 1.82) is 0 Å². The van der Waals surface area contributed by atoms with Gasteiger partial charge < -0.3 is 0 Å². The molecule has 0 saturated carbocycles. The molecule has 0 saturated heterocycles. The summed E-state index contributed by atoms with van der Waals surface area (Å²) in [5.41, 5.74) is 4.02. The maximum Gasteiger partial charge on any atom is 0.195 e. The average Bonchev–Trinajstić information content (AvgIpc) is 2.44. The van der Waals surface area contributed by atoms with Crippen molar-refractivity contribution in [2.75, 3.05) is 0 Å². The number of aryl methyl sites for hydroxylation is 2. The first-order valence-corrected chi connectivity index (χ1v) is 7.39. The molecule has 0 aliphatic carbocycles. The molecule has 0 spiro atoms. The van der Waals surface area contributed by atoms with Gasteiger partial charge in [0.1, 0.15) is 0 Å². The Bertz CT molecular complexity index is 843. The van der Waals surface area contributed by atoms with Gasteiger partial charge in [0, 0.05) is 20.2 Å². The summed E-state index contributed by atoms with van der Waals surface area (Å²) in [6.07, 6.45) is 0.972. The molecule has 0 unspecified atom stereocenters. The molecule has 0 aliphatic rings. The molecule has 19 heavy (non-hydrogen) atoms. The summed E-state index contributed by atoms with van der Waals surface area (Å²) < 4.78 is 2.21. The maximum atomic E-state index is 12.6. The fourth-order valence-corrected chi connectivity index (χ4v) is 3.83. The van der Waals surface area contributed by atoms with Crippen molar-refractivity contribution in [1.82, 2.24) is 0 Å². The lowest BCUT2D eigenvalue weighted by molar-refractivity contribution is 1.10. The Kier molecular flexibility index (Phi) is 2.90. The van der Waals surface area contributed by atoms with E-state index in [2.05, 4.69) is 26.8 Å². The minimum Gasteiger partial charge on any atom is -0.289 e. The van der Waals surface area contributed by atoms with Gasteiger partial charge in [-0.1, -0.05) is 19.1 Å². The fraction of sp³-hybridized carbons (Fsp3) is 0.235. The predicted molar refractivity (Wildman–Crippen MR) is 84.5 cm³/mol. The Labute approximate surface area is 116 Å². The highest BCUT2D eigenvalue weighted by atomic mass is 32.1. The normalized spacial score (nSPS) is 11.3. The van der Waals surface area contributed by atoms with E-state index >= 15 is 0 Å². The smallest absolute Gasteiger partial charge is 0.195 e. The molecule has 0 bridgehead atoms. The lowest BCUT2D eigenvalue weighted by Crippen LogP contribution is -2.04. The van der Waals surface area contributed by atoms with E-state index in [4.69, 9.17) is 0 Å². The van der Waals surface area contributed by atoms with Crippen LogP contribution in [0.5, 0.6) is 0 Å². The van der Waals surface area contributed by atoms with E-state index in [9.17, 15) is 4.79 Å². The van der Waals surface area contributed by atoms with Crippen molar-refractivity contribution < 1.29 is 0 Å². The van der Waals surface area contributed by atoms with Gasteiger partial charge in [-0.05, 0) is 55.2 Å². The number of rotatable bonds is 1. The summed E-state index contributed by atoms with van der Waals surface area (Å²) in [6, 6.07) is 9.97. The highest BCUT2D eigenvalue weighted by Crippen LogP contribution is 2.30. The van der Waals surface area contributed by atoms with E-state index in [0.29, 0.717) is 0 Å². The van der Waals surface area contributed by atoms with Gasteiger partial charge >= 0.3 is 0 Å². The number of fused-ring (bicyclic) bond motifs is 2. The first kappa shape index (κ1) is 12.4. The zero-order chi connectivity index (χ0) is 13.6. The highest BCUT2D eigenvalue weighted by Gasteiger charge is 2.11. The first-order valence-electron chi connectivity index (χ1n) is 6.58. The van der Waals surface area contributed by atoms with Crippen LogP contribution in [0.15, 0.2) is 35.1 Å². The predicted octanol–water partition coefficient (Wildman–Crippen LogP) is 4.59. The second-order valence-electron chi connectivity index (χ2n) is 4.94.